The van der Waals surface area contributed by atoms with Gasteiger partial charge in [-0.2, -0.15) is 0 Å². The molecule has 0 atom stereocenters. The number of anilines is 1. The number of aromatic carboxylic acids is 1. The Morgan fingerprint density at radius 3 is 2.27 bits per heavy atom. The molecule has 9 heteroatoms. The third-order valence-corrected chi connectivity index (χ3v) is 4.00. The lowest BCUT2D eigenvalue weighted by molar-refractivity contribution is -0.255. The minimum Gasteiger partial charge on any atom is -0.545 e. The Bertz CT molecular complexity index is 852. The predicted molar refractivity (Wildman–Crippen MR) is 67.9 cm³/mol. The Kier molecular flexibility index (Phi) is 4.09. The minimum atomic E-state index is -4.44. The maximum absolute atomic E-state index is 13.4. The first-order valence-corrected chi connectivity index (χ1v) is 7.18. The SMILES string of the molecule is O=C([O-])c1cc(S(=O)(=O)Nc2cc(F)ccc2F)ccc1F. The predicted octanol–water partition coefficient (Wildman–Crippen LogP) is 1.27. The van der Waals surface area contributed by atoms with Crippen molar-refractivity contribution in [1.82, 2.24) is 0 Å². The summed E-state index contributed by atoms with van der Waals surface area (Å²) < 4.78 is 65.4. The van der Waals surface area contributed by atoms with Crippen molar-refractivity contribution in [2.45, 2.75) is 4.90 Å². The van der Waals surface area contributed by atoms with E-state index in [1.165, 1.54) is 0 Å². The lowest BCUT2D eigenvalue weighted by Crippen LogP contribution is -2.24. The Balaban J connectivity index is 2.45. The highest BCUT2D eigenvalue weighted by atomic mass is 32.2. The molecule has 0 aliphatic carbocycles. The average Bonchev–Trinajstić information content (AvgIpc) is 2.42. The summed E-state index contributed by atoms with van der Waals surface area (Å²) in [6, 6.07) is 4.02. The molecule has 0 aliphatic rings. The van der Waals surface area contributed by atoms with Crippen LogP contribution in [0, 0.1) is 17.5 Å². The molecule has 2 aromatic carbocycles. The van der Waals surface area contributed by atoms with Crippen molar-refractivity contribution in [1.29, 1.82) is 0 Å². The van der Waals surface area contributed by atoms with Crippen LogP contribution < -0.4 is 9.83 Å². The maximum atomic E-state index is 13.4. The van der Waals surface area contributed by atoms with Crippen LogP contribution in [-0.4, -0.2) is 14.4 Å². The number of carboxylic acid groups (broad SMARTS) is 1. The molecule has 0 fully saturated rings. The van der Waals surface area contributed by atoms with E-state index in [1.807, 2.05) is 0 Å². The topological polar surface area (TPSA) is 86.3 Å². The molecule has 0 saturated heterocycles. The fraction of sp³-hybridized carbons (Fsp3) is 0. The largest absolute Gasteiger partial charge is 0.545 e. The third kappa shape index (κ3) is 3.19. The number of carboxylic acids is 1. The van der Waals surface area contributed by atoms with Crippen LogP contribution in [0.5, 0.6) is 0 Å². The second-order valence-electron chi connectivity index (χ2n) is 4.16. The Morgan fingerprint density at radius 1 is 1.00 bits per heavy atom. The first-order chi connectivity index (χ1) is 10.2. The van der Waals surface area contributed by atoms with Crippen molar-refractivity contribution >= 4 is 21.7 Å². The molecule has 22 heavy (non-hydrogen) atoms. The van der Waals surface area contributed by atoms with E-state index < -0.39 is 49.6 Å². The molecule has 0 saturated carbocycles. The molecule has 2 aromatic rings. The molecular formula is C13H7F3NO4S-. The van der Waals surface area contributed by atoms with Gasteiger partial charge in [-0.3, -0.25) is 4.72 Å². The van der Waals surface area contributed by atoms with Crippen molar-refractivity contribution in [3.05, 3.63) is 59.4 Å². The fourth-order valence-corrected chi connectivity index (χ4v) is 2.69. The zero-order valence-corrected chi connectivity index (χ0v) is 11.5. The van der Waals surface area contributed by atoms with Crippen molar-refractivity contribution in [3.8, 4) is 0 Å². The van der Waals surface area contributed by atoms with Gasteiger partial charge in [0.05, 0.1) is 16.6 Å². The van der Waals surface area contributed by atoms with Gasteiger partial charge in [0.2, 0.25) is 0 Å². The lowest BCUT2D eigenvalue weighted by Gasteiger charge is -2.11. The van der Waals surface area contributed by atoms with Gasteiger partial charge in [-0.15, -0.1) is 0 Å². The average molecular weight is 330 g/mol. The van der Waals surface area contributed by atoms with Crippen molar-refractivity contribution in [2.75, 3.05) is 4.72 Å². The number of carbonyl (C=O) groups is 1. The molecule has 116 valence electrons. The van der Waals surface area contributed by atoms with Crippen LogP contribution in [0.4, 0.5) is 18.9 Å². The van der Waals surface area contributed by atoms with Gasteiger partial charge in [0.1, 0.15) is 17.5 Å². The molecule has 0 aromatic heterocycles. The Labute approximate surface area is 123 Å². The number of nitrogens with one attached hydrogen (secondary N) is 1. The summed E-state index contributed by atoms with van der Waals surface area (Å²) in [5.41, 5.74) is -1.64. The van der Waals surface area contributed by atoms with E-state index in [0.29, 0.717) is 24.3 Å². The number of hydrogen-bond donors (Lipinski definition) is 1. The van der Waals surface area contributed by atoms with Gasteiger partial charge < -0.3 is 9.90 Å². The van der Waals surface area contributed by atoms with Gasteiger partial charge in [-0.25, -0.2) is 21.6 Å². The van der Waals surface area contributed by atoms with E-state index >= 15 is 0 Å². The van der Waals surface area contributed by atoms with E-state index in [9.17, 15) is 31.5 Å². The molecule has 0 aliphatic heterocycles. The van der Waals surface area contributed by atoms with Gasteiger partial charge in [0.25, 0.3) is 10.0 Å². The van der Waals surface area contributed by atoms with E-state index in [1.54, 1.807) is 4.72 Å². The van der Waals surface area contributed by atoms with Gasteiger partial charge in [0.15, 0.2) is 0 Å². The summed E-state index contributed by atoms with van der Waals surface area (Å²) in [4.78, 5) is 10.0. The van der Waals surface area contributed by atoms with Gasteiger partial charge in [-0.1, -0.05) is 0 Å². The van der Waals surface area contributed by atoms with E-state index in [-0.39, 0.29) is 0 Å². The highest BCUT2D eigenvalue weighted by Crippen LogP contribution is 2.21. The Morgan fingerprint density at radius 2 is 1.64 bits per heavy atom. The van der Waals surface area contributed by atoms with Crippen LogP contribution in [0.25, 0.3) is 0 Å². The molecule has 5 nitrogen and oxygen atoms in total. The lowest BCUT2D eigenvalue weighted by atomic mass is 10.2. The monoisotopic (exact) mass is 330 g/mol. The van der Waals surface area contributed by atoms with Crippen LogP contribution in [0.15, 0.2) is 41.3 Å². The number of carbonyl (C=O) groups excluding carboxylic acids is 1. The number of benzene rings is 2. The number of halogens is 3. The maximum Gasteiger partial charge on any atom is 0.262 e. The van der Waals surface area contributed by atoms with Gasteiger partial charge in [-0.05, 0) is 30.3 Å². The Hall–Kier alpha value is -2.55. The molecule has 1 N–H and O–H groups in total. The molecule has 0 unspecified atom stereocenters. The number of rotatable bonds is 4. The third-order valence-electron chi connectivity index (χ3n) is 2.64. The highest BCUT2D eigenvalue weighted by molar-refractivity contribution is 7.92. The quantitative estimate of drug-likeness (QED) is 0.915. The minimum absolute atomic E-state index is 0.518. The van der Waals surface area contributed by atoms with Crippen LogP contribution in [0.3, 0.4) is 0 Å². The molecule has 0 heterocycles. The summed E-state index contributed by atoms with van der Waals surface area (Å²) in [6.07, 6.45) is 0. The standard InChI is InChI=1S/C13H8F3NO4S/c14-7-1-3-11(16)12(5-7)17-22(20,21)8-2-4-10(15)9(6-8)13(18)19/h1-6,17H,(H,18,19)/p-1. The zero-order valence-electron chi connectivity index (χ0n) is 10.6. The zero-order chi connectivity index (χ0) is 16.5. The molecule has 0 bridgehead atoms. The first-order valence-electron chi connectivity index (χ1n) is 5.69. The van der Waals surface area contributed by atoms with Crippen molar-refractivity contribution < 1.29 is 31.5 Å². The molecular weight excluding hydrogens is 323 g/mol. The van der Waals surface area contributed by atoms with Crippen LogP contribution in [-0.2, 0) is 10.0 Å². The second kappa shape index (κ2) is 5.68. The second-order valence-corrected chi connectivity index (χ2v) is 5.84. The summed E-state index contributed by atoms with van der Waals surface area (Å²) in [7, 11) is -4.44. The van der Waals surface area contributed by atoms with Crippen LogP contribution >= 0.6 is 0 Å². The highest BCUT2D eigenvalue weighted by Gasteiger charge is 2.19. The normalized spacial score (nSPS) is 11.2. The number of hydrogen-bond acceptors (Lipinski definition) is 4. The number of sulfonamides is 1. The molecule has 0 radical (unpaired) electrons. The van der Waals surface area contributed by atoms with Crippen LogP contribution in [0.2, 0.25) is 0 Å². The van der Waals surface area contributed by atoms with Crippen LogP contribution in [0.1, 0.15) is 10.4 Å². The van der Waals surface area contributed by atoms with E-state index in [4.69, 9.17) is 0 Å². The first kappa shape index (κ1) is 15.8. The summed E-state index contributed by atoms with van der Waals surface area (Å²) in [5.74, 6) is -5.01. The molecule has 0 spiro atoms. The summed E-state index contributed by atoms with van der Waals surface area (Å²) in [5, 5.41) is 10.7. The van der Waals surface area contributed by atoms with E-state index in [2.05, 4.69) is 0 Å². The summed E-state index contributed by atoms with van der Waals surface area (Å²) >= 11 is 0. The molecule has 2 rings (SSSR count). The van der Waals surface area contributed by atoms with Crippen molar-refractivity contribution in [2.24, 2.45) is 0 Å². The van der Waals surface area contributed by atoms with Crippen molar-refractivity contribution in [3.63, 3.8) is 0 Å². The van der Waals surface area contributed by atoms with E-state index in [0.717, 1.165) is 12.1 Å². The molecule has 0 amide bonds. The van der Waals surface area contributed by atoms with Gasteiger partial charge >= 0.3 is 0 Å². The van der Waals surface area contributed by atoms with Gasteiger partial charge in [0, 0.05) is 11.6 Å². The smallest absolute Gasteiger partial charge is 0.262 e. The fourth-order valence-electron chi connectivity index (χ4n) is 1.61. The summed E-state index contributed by atoms with van der Waals surface area (Å²) in [6.45, 7) is 0.